The van der Waals surface area contributed by atoms with Gasteiger partial charge in [-0.15, -0.1) is 10.2 Å². The molecule has 0 bridgehead atoms. The maximum atomic E-state index is 13.4. The number of aryl methyl sites for hydroxylation is 1. The Morgan fingerprint density at radius 1 is 1.24 bits per heavy atom. The van der Waals surface area contributed by atoms with Crippen LogP contribution in [-0.4, -0.2) is 66.2 Å². The van der Waals surface area contributed by atoms with E-state index in [2.05, 4.69) is 25.7 Å². The van der Waals surface area contributed by atoms with E-state index in [9.17, 15) is 14.7 Å². The highest BCUT2D eigenvalue weighted by Crippen LogP contribution is 2.25. The Morgan fingerprint density at radius 3 is 2.68 bits per heavy atom. The van der Waals surface area contributed by atoms with Crippen molar-refractivity contribution < 1.29 is 19.1 Å². The average Bonchev–Trinajstić information content (AvgIpc) is 3.60. The van der Waals surface area contributed by atoms with Crippen molar-refractivity contribution in [3.63, 3.8) is 0 Å². The minimum Gasteiger partial charge on any atom is -0.458 e. The molecule has 4 rings (SSSR count). The molecule has 1 aliphatic carbocycles. The number of tetrazole rings is 1. The number of aromatic nitrogens is 5. The molecule has 1 saturated carbocycles. The molecule has 0 radical (unpaired) electrons. The fourth-order valence-electron chi connectivity index (χ4n) is 4.18. The van der Waals surface area contributed by atoms with Crippen LogP contribution in [0.25, 0.3) is 11.6 Å². The van der Waals surface area contributed by atoms with Crippen molar-refractivity contribution >= 4 is 11.8 Å². The van der Waals surface area contributed by atoms with Gasteiger partial charge in [-0.2, -0.15) is 4.80 Å². The number of hydrogen-bond acceptors (Lipinski definition) is 8. The van der Waals surface area contributed by atoms with E-state index in [-0.39, 0.29) is 43.4 Å². The molecule has 34 heavy (non-hydrogen) atoms. The van der Waals surface area contributed by atoms with Gasteiger partial charge in [0.25, 0.3) is 0 Å². The molecule has 1 aliphatic rings. The molecule has 3 heterocycles. The molecule has 2 N–H and O–H groups in total. The first kappa shape index (κ1) is 23.6. The van der Waals surface area contributed by atoms with E-state index in [1.807, 2.05) is 6.92 Å². The molecule has 3 aromatic heterocycles. The van der Waals surface area contributed by atoms with Crippen LogP contribution in [0.2, 0.25) is 0 Å². The molecule has 1 fully saturated rings. The fourth-order valence-corrected chi connectivity index (χ4v) is 4.18. The van der Waals surface area contributed by atoms with Gasteiger partial charge in [-0.1, -0.05) is 12.8 Å². The summed E-state index contributed by atoms with van der Waals surface area (Å²) in [4.78, 5) is 33.5. The molecule has 11 heteroatoms. The van der Waals surface area contributed by atoms with Gasteiger partial charge in [0.05, 0.1) is 0 Å². The highest BCUT2D eigenvalue weighted by atomic mass is 16.3. The number of carbonyl (C=O) groups excluding carboxylic acids is 2. The number of nitrogens with zero attached hydrogens (tertiary/aromatic N) is 6. The molecule has 11 nitrogen and oxygen atoms in total. The second-order valence-corrected chi connectivity index (χ2v) is 8.39. The van der Waals surface area contributed by atoms with Crippen LogP contribution < -0.4 is 5.32 Å². The van der Waals surface area contributed by atoms with E-state index >= 15 is 0 Å². The summed E-state index contributed by atoms with van der Waals surface area (Å²) in [7, 11) is 0. The normalized spacial score (nSPS) is 14.8. The minimum atomic E-state index is -0.863. The first-order valence-electron chi connectivity index (χ1n) is 11.5. The van der Waals surface area contributed by atoms with Gasteiger partial charge in [-0.3, -0.25) is 14.6 Å². The number of aliphatic hydroxyl groups excluding tert-OH is 1. The van der Waals surface area contributed by atoms with Crippen LogP contribution in [0.3, 0.4) is 0 Å². The van der Waals surface area contributed by atoms with Crippen molar-refractivity contribution in [2.24, 2.45) is 0 Å². The van der Waals surface area contributed by atoms with Crippen LogP contribution in [0.5, 0.6) is 0 Å². The largest absolute Gasteiger partial charge is 0.458 e. The van der Waals surface area contributed by atoms with Gasteiger partial charge in [0.15, 0.2) is 5.76 Å². The number of aliphatic hydroxyl groups is 1. The van der Waals surface area contributed by atoms with Crippen LogP contribution in [0.15, 0.2) is 41.1 Å². The predicted octanol–water partition coefficient (Wildman–Crippen LogP) is 1.65. The van der Waals surface area contributed by atoms with Crippen LogP contribution in [0.1, 0.15) is 49.5 Å². The SMILES string of the molecule is Cc1ccc(-c2nnn(CC(=O)N(CCCO)C(C(=O)NC3CCCC3)c3ccncc3)n2)o1. The standard InChI is InChI=1S/C23H29N7O4/c1-16-7-8-19(34-16)22-26-28-30(27-22)15-20(32)29(13-4-14-31)21(17-9-11-24-12-10-17)23(33)25-18-5-2-3-6-18/h7-12,18,21,31H,2-6,13-15H2,1H3,(H,25,33). The van der Waals surface area contributed by atoms with Gasteiger partial charge < -0.3 is 19.7 Å². The number of rotatable bonds is 10. The number of nitrogens with one attached hydrogen (secondary N) is 1. The zero-order valence-electron chi connectivity index (χ0n) is 19.1. The van der Waals surface area contributed by atoms with Crippen molar-refractivity contribution in [3.05, 3.63) is 48.0 Å². The fraction of sp³-hybridized carbons (Fsp3) is 0.478. The van der Waals surface area contributed by atoms with Gasteiger partial charge in [0.1, 0.15) is 18.3 Å². The minimum absolute atomic E-state index is 0.0999. The summed E-state index contributed by atoms with van der Waals surface area (Å²) in [6.45, 7) is 1.68. The van der Waals surface area contributed by atoms with Crippen LogP contribution in [0.4, 0.5) is 0 Å². The summed E-state index contributed by atoms with van der Waals surface area (Å²) in [6.07, 6.45) is 7.52. The summed E-state index contributed by atoms with van der Waals surface area (Å²) in [5.41, 5.74) is 0.648. The lowest BCUT2D eigenvalue weighted by Crippen LogP contribution is -2.47. The Bertz CT molecular complexity index is 1090. The molecule has 0 saturated heterocycles. The first-order valence-corrected chi connectivity index (χ1v) is 11.5. The Hall–Kier alpha value is -3.60. The van der Waals surface area contributed by atoms with Crippen LogP contribution in [0, 0.1) is 6.92 Å². The summed E-state index contributed by atoms with van der Waals surface area (Å²) in [5, 5.41) is 24.7. The number of carbonyl (C=O) groups is 2. The molecular formula is C23H29N7O4. The van der Waals surface area contributed by atoms with E-state index in [4.69, 9.17) is 4.42 Å². The number of furan rings is 1. The molecule has 2 amide bonds. The lowest BCUT2D eigenvalue weighted by atomic mass is 10.0. The van der Waals surface area contributed by atoms with Crippen LogP contribution in [-0.2, 0) is 16.1 Å². The second kappa shape index (κ2) is 11.0. The van der Waals surface area contributed by atoms with Crippen molar-refractivity contribution in [2.75, 3.05) is 13.2 Å². The summed E-state index contributed by atoms with van der Waals surface area (Å²) in [5.74, 6) is 0.830. The molecule has 1 unspecified atom stereocenters. The van der Waals surface area contributed by atoms with Crippen molar-refractivity contribution in [2.45, 2.75) is 57.7 Å². The zero-order valence-corrected chi connectivity index (χ0v) is 19.1. The Balaban J connectivity index is 1.57. The molecular weight excluding hydrogens is 438 g/mol. The van der Waals surface area contributed by atoms with E-state index in [1.165, 1.54) is 9.70 Å². The number of hydrogen-bond donors (Lipinski definition) is 2. The van der Waals surface area contributed by atoms with Gasteiger partial charge in [0, 0.05) is 31.6 Å². The number of amides is 2. The van der Waals surface area contributed by atoms with Gasteiger partial charge in [-0.25, -0.2) is 0 Å². The lowest BCUT2D eigenvalue weighted by molar-refractivity contribution is -0.142. The monoisotopic (exact) mass is 467 g/mol. The predicted molar refractivity (Wildman–Crippen MR) is 121 cm³/mol. The Kier molecular flexibility index (Phi) is 7.63. The van der Waals surface area contributed by atoms with Crippen LogP contribution >= 0.6 is 0 Å². The summed E-state index contributed by atoms with van der Waals surface area (Å²) in [6, 6.07) is 6.21. The van der Waals surface area contributed by atoms with E-state index < -0.39 is 6.04 Å². The van der Waals surface area contributed by atoms with E-state index in [0.717, 1.165) is 25.7 Å². The smallest absolute Gasteiger partial charge is 0.247 e. The molecule has 180 valence electrons. The quantitative estimate of drug-likeness (QED) is 0.459. The van der Waals surface area contributed by atoms with E-state index in [0.29, 0.717) is 23.5 Å². The molecule has 1 atom stereocenters. The maximum absolute atomic E-state index is 13.4. The Morgan fingerprint density at radius 2 is 2.00 bits per heavy atom. The maximum Gasteiger partial charge on any atom is 0.247 e. The topological polar surface area (TPSA) is 139 Å². The average molecular weight is 468 g/mol. The van der Waals surface area contributed by atoms with Gasteiger partial charge in [-0.05, 0) is 61.2 Å². The highest BCUT2D eigenvalue weighted by Gasteiger charge is 2.33. The third kappa shape index (κ3) is 5.66. The van der Waals surface area contributed by atoms with Crippen molar-refractivity contribution in [1.82, 2.24) is 35.4 Å². The lowest BCUT2D eigenvalue weighted by Gasteiger charge is -2.32. The summed E-state index contributed by atoms with van der Waals surface area (Å²) < 4.78 is 5.52. The third-order valence-electron chi connectivity index (χ3n) is 5.85. The zero-order chi connectivity index (χ0) is 23.9. The van der Waals surface area contributed by atoms with E-state index in [1.54, 1.807) is 36.7 Å². The Labute approximate surface area is 197 Å². The second-order valence-electron chi connectivity index (χ2n) is 8.39. The highest BCUT2D eigenvalue weighted by molar-refractivity contribution is 5.88. The third-order valence-corrected chi connectivity index (χ3v) is 5.85. The number of pyridine rings is 1. The molecule has 0 aromatic carbocycles. The van der Waals surface area contributed by atoms with Gasteiger partial charge in [0.2, 0.25) is 17.6 Å². The van der Waals surface area contributed by atoms with Crippen molar-refractivity contribution in [1.29, 1.82) is 0 Å². The van der Waals surface area contributed by atoms with Gasteiger partial charge >= 0.3 is 0 Å². The molecule has 0 aliphatic heterocycles. The first-order chi connectivity index (χ1) is 16.5. The van der Waals surface area contributed by atoms with Crippen molar-refractivity contribution in [3.8, 4) is 11.6 Å². The molecule has 3 aromatic rings. The summed E-state index contributed by atoms with van der Waals surface area (Å²) >= 11 is 0. The molecule has 0 spiro atoms.